The largest absolute Gasteiger partial charge is 0.399 e. The Hall–Kier alpha value is -1.19. The van der Waals surface area contributed by atoms with Gasteiger partial charge in [-0.2, -0.15) is 0 Å². The van der Waals surface area contributed by atoms with E-state index in [-0.39, 0.29) is 5.71 Å². The molecule has 0 saturated carbocycles. The van der Waals surface area contributed by atoms with Gasteiger partial charge in [-0.3, -0.25) is 4.99 Å². The van der Waals surface area contributed by atoms with Gasteiger partial charge >= 0.3 is 0 Å². The van der Waals surface area contributed by atoms with Crippen LogP contribution in [0, 0.1) is 0 Å². The molecule has 0 radical (unpaired) electrons. The third-order valence-electron chi connectivity index (χ3n) is 1.56. The van der Waals surface area contributed by atoms with Gasteiger partial charge in [-0.25, -0.2) is 8.78 Å². The topological polar surface area (TPSA) is 38.4 Å². The molecule has 0 rings (SSSR count). The van der Waals surface area contributed by atoms with E-state index in [0.717, 1.165) is 0 Å². The van der Waals surface area contributed by atoms with Crippen LogP contribution in [-0.2, 0) is 0 Å². The number of nitrogens with zero attached hydrogens (tertiary/aromatic N) is 1. The first-order valence-electron chi connectivity index (χ1n) is 5.31. The van der Waals surface area contributed by atoms with E-state index >= 15 is 0 Å². The summed E-state index contributed by atoms with van der Waals surface area (Å²) >= 11 is 0. The highest BCUT2D eigenvalue weighted by molar-refractivity contribution is 5.85. The smallest absolute Gasteiger partial charge is 0.276 e. The molecular weight excluding hydrogens is 210 g/mol. The Labute approximate surface area is 96.9 Å². The first-order valence-corrected chi connectivity index (χ1v) is 5.31. The molecule has 0 aromatic heterocycles. The van der Waals surface area contributed by atoms with E-state index in [2.05, 4.69) is 25.4 Å². The molecule has 0 unspecified atom stereocenters. The zero-order valence-electron chi connectivity index (χ0n) is 10.6. The average molecular weight is 232 g/mol. The summed E-state index contributed by atoms with van der Waals surface area (Å²) in [6, 6.07) is 0. The van der Waals surface area contributed by atoms with E-state index in [1.54, 1.807) is 6.92 Å². The molecule has 0 aliphatic rings. The number of hydrogen-bond donors (Lipinski definition) is 1. The lowest BCUT2D eigenvalue weighted by Crippen LogP contribution is -2.04. The fourth-order valence-corrected chi connectivity index (χ4v) is 0.628. The highest BCUT2D eigenvalue weighted by atomic mass is 19.3. The van der Waals surface area contributed by atoms with Crippen molar-refractivity contribution in [1.82, 2.24) is 0 Å². The predicted molar refractivity (Wildman–Crippen MR) is 66.8 cm³/mol. The van der Waals surface area contributed by atoms with E-state index in [4.69, 9.17) is 5.73 Å². The molecule has 2 nitrogen and oxygen atoms in total. The Morgan fingerprint density at radius 2 is 1.75 bits per heavy atom. The number of hydrogen-bond acceptors (Lipinski definition) is 2. The van der Waals surface area contributed by atoms with Crippen molar-refractivity contribution in [3.05, 3.63) is 24.0 Å². The monoisotopic (exact) mass is 232 g/mol. The summed E-state index contributed by atoms with van der Waals surface area (Å²) in [6.45, 7) is 10.6. The van der Waals surface area contributed by atoms with Gasteiger partial charge in [0.2, 0.25) is 0 Å². The zero-order valence-corrected chi connectivity index (χ0v) is 10.6. The lowest BCUT2D eigenvalue weighted by molar-refractivity contribution is 0.225. The van der Waals surface area contributed by atoms with E-state index < -0.39 is 6.43 Å². The number of alkyl halides is 2. The lowest BCUT2D eigenvalue weighted by Gasteiger charge is -1.98. The Kier molecular flexibility index (Phi) is 11.1. The Morgan fingerprint density at radius 1 is 1.31 bits per heavy atom. The average Bonchev–Trinajstić information content (AvgIpc) is 2.16. The number of halogens is 2. The molecule has 0 aromatic rings. The van der Waals surface area contributed by atoms with Crippen LogP contribution in [0.2, 0.25) is 0 Å². The van der Waals surface area contributed by atoms with E-state index in [1.165, 1.54) is 25.8 Å². The van der Waals surface area contributed by atoms with Crippen molar-refractivity contribution < 1.29 is 8.78 Å². The second kappa shape index (κ2) is 10.3. The van der Waals surface area contributed by atoms with Gasteiger partial charge in [-0.05, 0) is 19.9 Å². The molecule has 0 amide bonds. The quantitative estimate of drug-likeness (QED) is 0.579. The van der Waals surface area contributed by atoms with Gasteiger partial charge in [0.25, 0.3) is 6.43 Å². The molecule has 4 heteroatoms. The molecule has 0 fully saturated rings. The number of allylic oxidation sites excluding steroid dienone is 2. The third kappa shape index (κ3) is 12.8. The zero-order chi connectivity index (χ0) is 13.1. The fraction of sp³-hybridized carbons (Fsp3) is 0.583. The molecule has 0 atom stereocenters. The van der Waals surface area contributed by atoms with Crippen molar-refractivity contribution >= 4 is 5.71 Å². The predicted octanol–water partition coefficient (Wildman–Crippen LogP) is 3.90. The van der Waals surface area contributed by atoms with Crippen LogP contribution in [0.15, 0.2) is 29.0 Å². The molecule has 0 heterocycles. The third-order valence-corrected chi connectivity index (χ3v) is 1.56. The van der Waals surface area contributed by atoms with Crippen LogP contribution in [0.5, 0.6) is 0 Å². The van der Waals surface area contributed by atoms with Gasteiger partial charge in [0.15, 0.2) is 0 Å². The molecule has 0 aliphatic heterocycles. The number of unbranched alkanes of at least 4 members (excludes halogenated alkanes) is 1. The first-order chi connectivity index (χ1) is 7.34. The molecular formula is C12H22F2N2. The molecule has 0 saturated heterocycles. The molecule has 2 N–H and O–H groups in total. The van der Waals surface area contributed by atoms with Gasteiger partial charge in [-0.1, -0.05) is 33.3 Å². The van der Waals surface area contributed by atoms with Gasteiger partial charge < -0.3 is 5.73 Å². The van der Waals surface area contributed by atoms with Gasteiger partial charge in [0.1, 0.15) is 0 Å². The summed E-state index contributed by atoms with van der Waals surface area (Å²) in [6.07, 6.45) is 1.56. The van der Waals surface area contributed by atoms with Crippen LogP contribution in [0.4, 0.5) is 8.78 Å². The fourth-order valence-electron chi connectivity index (χ4n) is 0.628. The maximum absolute atomic E-state index is 11.9. The lowest BCUT2D eigenvalue weighted by atomic mass is 10.3. The maximum Gasteiger partial charge on any atom is 0.276 e. The summed E-state index contributed by atoms with van der Waals surface area (Å²) in [5.74, 6) is 0. The minimum absolute atomic E-state index is 0.218. The van der Waals surface area contributed by atoms with Crippen molar-refractivity contribution in [3.63, 3.8) is 0 Å². The Balaban J connectivity index is 0. The second-order valence-corrected chi connectivity index (χ2v) is 3.41. The van der Waals surface area contributed by atoms with Gasteiger partial charge in [0.05, 0.1) is 5.71 Å². The van der Waals surface area contributed by atoms with Crippen LogP contribution in [-0.4, -0.2) is 12.1 Å². The van der Waals surface area contributed by atoms with Crippen LogP contribution >= 0.6 is 0 Å². The molecule has 0 bridgehead atoms. The molecule has 0 aliphatic carbocycles. The summed E-state index contributed by atoms with van der Waals surface area (Å²) in [4.78, 5) is 3.60. The van der Waals surface area contributed by atoms with Gasteiger partial charge in [0, 0.05) is 11.4 Å². The minimum atomic E-state index is -2.51. The standard InChI is InChI=1S/C8H12F2N2.C4H10/c1-5(11)4-6(2)12-7(3)8(9)10;1-3-4-2/h4,8H,1,11H2,2-3H3;3-4H2,1-2H3/b6-4-,12-7?;. The van der Waals surface area contributed by atoms with E-state index in [0.29, 0.717) is 11.4 Å². The summed E-state index contributed by atoms with van der Waals surface area (Å²) in [5.41, 5.74) is 5.73. The Morgan fingerprint density at radius 3 is 2.00 bits per heavy atom. The van der Waals surface area contributed by atoms with Crippen molar-refractivity contribution in [1.29, 1.82) is 0 Å². The molecule has 0 aromatic carbocycles. The van der Waals surface area contributed by atoms with Crippen molar-refractivity contribution in [2.75, 3.05) is 0 Å². The highest BCUT2D eigenvalue weighted by Crippen LogP contribution is 2.03. The molecule has 0 spiro atoms. The molecule has 16 heavy (non-hydrogen) atoms. The normalized spacial score (nSPS) is 12.2. The van der Waals surface area contributed by atoms with Crippen molar-refractivity contribution in [2.45, 2.75) is 47.0 Å². The van der Waals surface area contributed by atoms with Crippen LogP contribution < -0.4 is 5.73 Å². The van der Waals surface area contributed by atoms with Crippen LogP contribution in [0.25, 0.3) is 0 Å². The molecule has 94 valence electrons. The summed E-state index contributed by atoms with van der Waals surface area (Å²) in [7, 11) is 0. The SMILES string of the molecule is C=C(N)/C=C(/C)N=C(C)C(F)F.CCCC. The van der Waals surface area contributed by atoms with Crippen molar-refractivity contribution in [2.24, 2.45) is 10.7 Å². The van der Waals surface area contributed by atoms with Crippen LogP contribution in [0.1, 0.15) is 40.5 Å². The van der Waals surface area contributed by atoms with E-state index in [9.17, 15) is 8.78 Å². The van der Waals surface area contributed by atoms with E-state index in [1.807, 2.05) is 0 Å². The number of nitrogens with two attached hydrogens (primary N) is 1. The first kappa shape index (κ1) is 17.2. The second-order valence-electron chi connectivity index (χ2n) is 3.41. The maximum atomic E-state index is 11.9. The highest BCUT2D eigenvalue weighted by Gasteiger charge is 2.05. The van der Waals surface area contributed by atoms with Crippen LogP contribution in [0.3, 0.4) is 0 Å². The number of aliphatic imine (C=N–C) groups is 1. The number of rotatable bonds is 4. The summed E-state index contributed by atoms with van der Waals surface area (Å²) < 4.78 is 23.8. The van der Waals surface area contributed by atoms with Gasteiger partial charge in [-0.15, -0.1) is 0 Å². The minimum Gasteiger partial charge on any atom is -0.399 e. The Bertz CT molecular complexity index is 254. The van der Waals surface area contributed by atoms with Crippen molar-refractivity contribution in [3.8, 4) is 0 Å². The summed E-state index contributed by atoms with van der Waals surface area (Å²) in [5, 5.41) is 0.